The lowest BCUT2D eigenvalue weighted by atomic mass is 10.2. The molecule has 210 valence electrons. The molecule has 0 aromatic carbocycles. The summed E-state index contributed by atoms with van der Waals surface area (Å²) in [6.45, 7) is 30.3. The molecule has 1 heterocycles. The van der Waals surface area contributed by atoms with Crippen molar-refractivity contribution in [1.82, 2.24) is 29.7 Å². The van der Waals surface area contributed by atoms with Crippen LogP contribution in [0.4, 0.5) is 0 Å². The van der Waals surface area contributed by atoms with Gasteiger partial charge in [0.05, 0.1) is 0 Å². The Morgan fingerprint density at radius 2 is 0.611 bits per heavy atom. The lowest BCUT2D eigenvalue weighted by Gasteiger charge is -2.30. The van der Waals surface area contributed by atoms with E-state index in [2.05, 4.69) is 97.8 Å². The topological polar surface area (TPSA) is 48.4 Å². The summed E-state index contributed by atoms with van der Waals surface area (Å²) >= 11 is 5.28. The van der Waals surface area contributed by atoms with Crippen LogP contribution in [-0.2, 0) is 0 Å². The van der Waals surface area contributed by atoms with Gasteiger partial charge in [0.1, 0.15) is 0 Å². The van der Waals surface area contributed by atoms with Crippen molar-refractivity contribution in [2.75, 3.05) is 36.9 Å². The molecular weight excluding hydrogens is 505 g/mol. The van der Waals surface area contributed by atoms with Gasteiger partial charge in [-0.2, -0.15) is 15.0 Å². The Balaban J connectivity index is 2.91. The van der Waals surface area contributed by atoms with Gasteiger partial charge >= 0.3 is 0 Å². The van der Waals surface area contributed by atoms with Crippen molar-refractivity contribution in [2.24, 2.45) is 0 Å². The van der Waals surface area contributed by atoms with Crippen LogP contribution >= 0.6 is 35.3 Å². The third kappa shape index (κ3) is 12.7. The number of aromatic nitrogens is 3. The Hall–Kier alpha value is -0.0600. The van der Waals surface area contributed by atoms with E-state index in [9.17, 15) is 0 Å². The number of rotatable bonds is 18. The maximum Gasteiger partial charge on any atom is 0.192 e. The van der Waals surface area contributed by atoms with Gasteiger partial charge in [0.15, 0.2) is 15.5 Å². The standard InChI is InChI=1S/C27H54N6S3/c1-19(2)31(20(3)4)13-16-34-25-28-26(35-17-14-32(21(5)6)22(7)8)30-27(29-25)36-18-15-33(23(9)10)24(11)12/h19-24H,13-18H2,1-12H3. The monoisotopic (exact) mass is 558 g/mol. The summed E-state index contributed by atoms with van der Waals surface area (Å²) in [6.07, 6.45) is 0. The Morgan fingerprint density at radius 3 is 0.778 bits per heavy atom. The second-order valence-corrected chi connectivity index (χ2v) is 14.2. The second-order valence-electron chi connectivity index (χ2n) is 11.0. The molecule has 0 atom stereocenters. The van der Waals surface area contributed by atoms with E-state index in [4.69, 9.17) is 15.0 Å². The van der Waals surface area contributed by atoms with Gasteiger partial charge in [-0.1, -0.05) is 35.3 Å². The molecule has 36 heavy (non-hydrogen) atoms. The summed E-state index contributed by atoms with van der Waals surface area (Å²) in [5.41, 5.74) is 0. The summed E-state index contributed by atoms with van der Waals surface area (Å²) in [7, 11) is 0. The lowest BCUT2D eigenvalue weighted by Crippen LogP contribution is -2.38. The van der Waals surface area contributed by atoms with Crippen molar-refractivity contribution >= 4 is 35.3 Å². The normalized spacial score (nSPS) is 12.9. The largest absolute Gasteiger partial charge is 0.298 e. The number of nitrogens with zero attached hydrogens (tertiary/aromatic N) is 6. The highest BCUT2D eigenvalue weighted by Gasteiger charge is 2.17. The molecule has 0 bridgehead atoms. The molecule has 0 aliphatic rings. The van der Waals surface area contributed by atoms with Gasteiger partial charge in [-0.05, 0) is 83.1 Å². The minimum absolute atomic E-state index is 0.538. The fourth-order valence-electron chi connectivity index (χ4n) is 4.58. The third-order valence-electron chi connectivity index (χ3n) is 6.30. The molecule has 0 unspecified atom stereocenters. The van der Waals surface area contributed by atoms with Crippen LogP contribution < -0.4 is 0 Å². The van der Waals surface area contributed by atoms with Crippen LogP contribution in [0.3, 0.4) is 0 Å². The van der Waals surface area contributed by atoms with Crippen LogP contribution in [0.2, 0.25) is 0 Å². The average molecular weight is 559 g/mol. The molecule has 0 spiro atoms. The van der Waals surface area contributed by atoms with Gasteiger partial charge < -0.3 is 0 Å². The predicted molar refractivity (Wildman–Crippen MR) is 163 cm³/mol. The highest BCUT2D eigenvalue weighted by atomic mass is 32.2. The first-order valence-corrected chi connectivity index (χ1v) is 16.7. The Morgan fingerprint density at radius 1 is 0.417 bits per heavy atom. The molecule has 0 radical (unpaired) electrons. The van der Waals surface area contributed by atoms with Crippen molar-refractivity contribution in [1.29, 1.82) is 0 Å². The zero-order chi connectivity index (χ0) is 27.4. The van der Waals surface area contributed by atoms with Crippen molar-refractivity contribution in [2.45, 2.75) is 135 Å². The summed E-state index contributed by atoms with van der Waals surface area (Å²) in [6, 6.07) is 3.23. The van der Waals surface area contributed by atoms with E-state index < -0.39 is 0 Å². The van der Waals surface area contributed by atoms with Gasteiger partial charge in [-0.25, -0.2) is 0 Å². The Labute approximate surface area is 235 Å². The zero-order valence-corrected chi connectivity index (χ0v) is 27.6. The maximum absolute atomic E-state index is 4.85. The Kier molecular flexibility index (Phi) is 16.5. The molecule has 6 nitrogen and oxygen atoms in total. The molecule has 9 heteroatoms. The van der Waals surface area contributed by atoms with Crippen LogP contribution in [-0.4, -0.2) is 103 Å². The first-order valence-electron chi connectivity index (χ1n) is 13.7. The zero-order valence-electron chi connectivity index (χ0n) is 25.1. The highest BCUT2D eigenvalue weighted by molar-refractivity contribution is 8.00. The van der Waals surface area contributed by atoms with Crippen LogP contribution in [0.25, 0.3) is 0 Å². The van der Waals surface area contributed by atoms with E-state index in [0.717, 1.165) is 52.4 Å². The second kappa shape index (κ2) is 17.5. The number of hydrogen-bond acceptors (Lipinski definition) is 9. The minimum Gasteiger partial charge on any atom is -0.298 e. The molecule has 1 rings (SSSR count). The SMILES string of the molecule is CC(C)N(CCSc1nc(SCCN(C(C)C)C(C)C)nc(SCCN(C(C)C)C(C)C)n1)C(C)C. The maximum atomic E-state index is 4.85. The predicted octanol–water partition coefficient (Wildman–Crippen LogP) is 6.50. The number of hydrogen-bond donors (Lipinski definition) is 0. The fraction of sp³-hybridized carbons (Fsp3) is 0.889. The number of thioether (sulfide) groups is 3. The van der Waals surface area contributed by atoms with Crippen LogP contribution in [0.5, 0.6) is 0 Å². The van der Waals surface area contributed by atoms with Gasteiger partial charge in [0, 0.05) is 73.1 Å². The quantitative estimate of drug-likeness (QED) is 0.188. The molecule has 1 aromatic heterocycles. The van der Waals surface area contributed by atoms with Gasteiger partial charge in [-0.15, -0.1) is 0 Å². The molecule has 0 fully saturated rings. The summed E-state index contributed by atoms with van der Waals surface area (Å²) in [4.78, 5) is 22.1. The molecule has 0 aliphatic carbocycles. The smallest absolute Gasteiger partial charge is 0.192 e. The van der Waals surface area contributed by atoms with E-state index in [-0.39, 0.29) is 0 Å². The van der Waals surface area contributed by atoms with Crippen LogP contribution in [0.15, 0.2) is 15.5 Å². The molecule has 0 aliphatic heterocycles. The molecular formula is C27H54N6S3. The van der Waals surface area contributed by atoms with Gasteiger partial charge in [-0.3, -0.25) is 14.7 Å². The summed E-state index contributed by atoms with van der Waals surface area (Å²) < 4.78 is 0. The molecule has 1 aromatic rings. The van der Waals surface area contributed by atoms with Gasteiger partial charge in [0.2, 0.25) is 0 Å². The minimum atomic E-state index is 0.538. The molecule has 0 saturated carbocycles. The molecule has 0 N–H and O–H groups in total. The van der Waals surface area contributed by atoms with Crippen LogP contribution in [0.1, 0.15) is 83.1 Å². The van der Waals surface area contributed by atoms with Crippen molar-refractivity contribution in [3.63, 3.8) is 0 Å². The van der Waals surface area contributed by atoms with E-state index >= 15 is 0 Å². The van der Waals surface area contributed by atoms with Crippen LogP contribution in [0, 0.1) is 0 Å². The fourth-order valence-corrected chi connectivity index (χ4v) is 7.11. The average Bonchev–Trinajstić information content (AvgIpc) is 2.75. The van der Waals surface area contributed by atoms with E-state index in [0.29, 0.717) is 36.3 Å². The van der Waals surface area contributed by atoms with Gasteiger partial charge in [0.25, 0.3) is 0 Å². The summed E-state index contributed by atoms with van der Waals surface area (Å²) in [5, 5.41) is 2.57. The van der Waals surface area contributed by atoms with E-state index in [1.54, 1.807) is 35.3 Å². The molecule has 0 amide bonds. The van der Waals surface area contributed by atoms with Crippen molar-refractivity contribution in [3.8, 4) is 0 Å². The highest BCUT2D eigenvalue weighted by Crippen LogP contribution is 2.24. The van der Waals surface area contributed by atoms with Crippen molar-refractivity contribution in [3.05, 3.63) is 0 Å². The Bertz CT molecular complexity index is 596. The first-order chi connectivity index (χ1) is 16.8. The first kappa shape index (κ1) is 34.0. The third-order valence-corrected chi connectivity index (χ3v) is 8.78. The summed E-state index contributed by atoms with van der Waals surface area (Å²) in [5.74, 6) is 2.95. The molecule has 0 saturated heterocycles. The van der Waals surface area contributed by atoms with Crippen molar-refractivity contribution < 1.29 is 0 Å². The van der Waals surface area contributed by atoms with E-state index in [1.807, 2.05) is 0 Å². The van der Waals surface area contributed by atoms with E-state index in [1.165, 1.54) is 0 Å². The lowest BCUT2D eigenvalue weighted by molar-refractivity contribution is 0.187.